The van der Waals surface area contributed by atoms with Crippen LogP contribution in [-0.4, -0.2) is 73.3 Å². The minimum Gasteiger partial charge on any atom is -0.496 e. The van der Waals surface area contributed by atoms with Gasteiger partial charge in [-0.05, 0) is 30.3 Å². The predicted molar refractivity (Wildman–Crippen MR) is 129 cm³/mol. The van der Waals surface area contributed by atoms with Crippen molar-refractivity contribution in [1.82, 2.24) is 14.9 Å². The first-order valence-electron chi connectivity index (χ1n) is 11.8. The Bertz CT molecular complexity index is 1270. The standard InChI is InChI=1S/C26H26FN5O3/c1-34-21-5-2-4-20(27)24(21)25-19-14-32(26(33)18(19)8-9-28-25)23-7-3-6-22(29-23)31-12-10-30(11-13-31)17-15-35-16-17/h2-9,17H,10-16H2,1H3. The molecule has 8 nitrogen and oxygen atoms in total. The zero-order valence-electron chi connectivity index (χ0n) is 19.5. The number of nitrogens with zero attached hydrogens (tertiary/aromatic N) is 5. The van der Waals surface area contributed by atoms with E-state index >= 15 is 0 Å². The van der Waals surface area contributed by atoms with Gasteiger partial charge < -0.3 is 14.4 Å². The highest BCUT2D eigenvalue weighted by atomic mass is 19.1. The highest BCUT2D eigenvalue weighted by Crippen LogP contribution is 2.38. The molecule has 0 saturated carbocycles. The van der Waals surface area contributed by atoms with Gasteiger partial charge in [-0.2, -0.15) is 0 Å². The van der Waals surface area contributed by atoms with Crippen molar-refractivity contribution in [3.8, 4) is 17.0 Å². The van der Waals surface area contributed by atoms with Crippen LogP contribution in [0.5, 0.6) is 5.75 Å². The average molecular weight is 476 g/mol. The summed E-state index contributed by atoms with van der Waals surface area (Å²) in [5.41, 5.74) is 1.85. The van der Waals surface area contributed by atoms with Crippen molar-refractivity contribution in [1.29, 1.82) is 0 Å². The third kappa shape index (κ3) is 3.81. The molecule has 5 heterocycles. The normalized spacial score (nSPS) is 18.5. The molecular weight excluding hydrogens is 449 g/mol. The molecule has 3 aliphatic heterocycles. The van der Waals surface area contributed by atoms with Crippen LogP contribution in [0.4, 0.5) is 16.0 Å². The van der Waals surface area contributed by atoms with Crippen molar-refractivity contribution in [3.63, 3.8) is 0 Å². The number of carbonyl (C=O) groups is 1. The number of piperazine rings is 1. The molecule has 0 aliphatic carbocycles. The quantitative estimate of drug-likeness (QED) is 0.562. The molecule has 0 spiro atoms. The average Bonchev–Trinajstić information content (AvgIpc) is 3.20. The molecule has 0 unspecified atom stereocenters. The first-order valence-corrected chi connectivity index (χ1v) is 11.8. The number of pyridine rings is 2. The molecule has 3 aromatic rings. The molecule has 0 N–H and O–H groups in total. The first kappa shape index (κ1) is 21.9. The van der Waals surface area contributed by atoms with E-state index in [0.29, 0.717) is 34.4 Å². The minimum atomic E-state index is -0.441. The maximum absolute atomic E-state index is 14.8. The summed E-state index contributed by atoms with van der Waals surface area (Å²) in [5.74, 6) is 1.20. The monoisotopic (exact) mass is 475 g/mol. The van der Waals surface area contributed by atoms with Gasteiger partial charge in [-0.15, -0.1) is 0 Å². The fourth-order valence-electron chi connectivity index (χ4n) is 5.02. The molecular formula is C26H26FN5O3. The van der Waals surface area contributed by atoms with Crippen molar-refractivity contribution in [2.75, 3.05) is 56.3 Å². The minimum absolute atomic E-state index is 0.168. The number of rotatable bonds is 5. The van der Waals surface area contributed by atoms with E-state index in [9.17, 15) is 9.18 Å². The molecule has 3 aliphatic rings. The number of aromatic nitrogens is 2. The summed E-state index contributed by atoms with van der Waals surface area (Å²) in [4.78, 5) is 29.0. The Labute approximate surface area is 202 Å². The molecule has 0 radical (unpaired) electrons. The molecule has 0 bridgehead atoms. The molecule has 2 aromatic heterocycles. The Balaban J connectivity index is 1.27. The van der Waals surface area contributed by atoms with Crippen LogP contribution in [0.1, 0.15) is 15.9 Å². The number of hydrogen-bond acceptors (Lipinski definition) is 7. The van der Waals surface area contributed by atoms with Crippen LogP contribution in [0.2, 0.25) is 0 Å². The summed E-state index contributed by atoms with van der Waals surface area (Å²) in [6.07, 6.45) is 1.54. The molecule has 2 fully saturated rings. The number of fused-ring (bicyclic) bond motifs is 1. The third-order valence-electron chi connectivity index (χ3n) is 7.05. The molecule has 1 amide bonds. The lowest BCUT2D eigenvalue weighted by Crippen LogP contribution is -2.56. The molecule has 2 saturated heterocycles. The second-order valence-corrected chi connectivity index (χ2v) is 8.96. The van der Waals surface area contributed by atoms with Gasteiger partial charge in [-0.1, -0.05) is 12.1 Å². The first-order chi connectivity index (χ1) is 17.1. The van der Waals surface area contributed by atoms with Crippen molar-refractivity contribution < 1.29 is 18.7 Å². The van der Waals surface area contributed by atoms with Crippen molar-refractivity contribution in [2.24, 2.45) is 0 Å². The topological polar surface area (TPSA) is 71.0 Å². The maximum atomic E-state index is 14.8. The Morgan fingerprint density at radius 3 is 2.54 bits per heavy atom. The molecule has 6 rings (SSSR count). The van der Waals surface area contributed by atoms with Gasteiger partial charge in [0.25, 0.3) is 5.91 Å². The third-order valence-corrected chi connectivity index (χ3v) is 7.05. The summed E-state index contributed by atoms with van der Waals surface area (Å²) in [6, 6.07) is 12.6. The van der Waals surface area contributed by atoms with E-state index < -0.39 is 5.82 Å². The lowest BCUT2D eigenvalue weighted by molar-refractivity contribution is -0.0660. The van der Waals surface area contributed by atoms with E-state index in [1.807, 2.05) is 18.2 Å². The Morgan fingerprint density at radius 1 is 1.03 bits per heavy atom. The zero-order chi connectivity index (χ0) is 23.9. The lowest BCUT2D eigenvalue weighted by atomic mass is 10.0. The number of benzene rings is 1. The molecule has 1 aromatic carbocycles. The van der Waals surface area contributed by atoms with E-state index in [4.69, 9.17) is 14.5 Å². The SMILES string of the molecule is COc1cccc(F)c1-c1nccc2c1CN(c1cccc(N3CCN(C4COC4)CC3)n1)C2=O. The van der Waals surface area contributed by atoms with Crippen LogP contribution in [-0.2, 0) is 11.3 Å². The van der Waals surface area contributed by atoms with Gasteiger partial charge in [0.1, 0.15) is 23.2 Å². The van der Waals surface area contributed by atoms with E-state index in [-0.39, 0.29) is 18.0 Å². The molecule has 180 valence electrons. The van der Waals surface area contributed by atoms with Crippen LogP contribution in [0.3, 0.4) is 0 Å². The van der Waals surface area contributed by atoms with Crippen LogP contribution in [0.15, 0.2) is 48.7 Å². The summed E-state index contributed by atoms with van der Waals surface area (Å²) in [6.45, 7) is 5.59. The van der Waals surface area contributed by atoms with Gasteiger partial charge in [0.2, 0.25) is 0 Å². The van der Waals surface area contributed by atoms with Gasteiger partial charge >= 0.3 is 0 Å². The van der Waals surface area contributed by atoms with E-state index in [2.05, 4.69) is 14.8 Å². The van der Waals surface area contributed by atoms with Gasteiger partial charge in [0, 0.05) is 43.5 Å². The zero-order valence-corrected chi connectivity index (χ0v) is 19.5. The highest BCUT2D eigenvalue weighted by Gasteiger charge is 2.34. The Hall–Kier alpha value is -3.56. The van der Waals surface area contributed by atoms with Gasteiger partial charge in [0.15, 0.2) is 0 Å². The fraction of sp³-hybridized carbons (Fsp3) is 0.346. The van der Waals surface area contributed by atoms with E-state index in [1.54, 1.807) is 23.1 Å². The van der Waals surface area contributed by atoms with E-state index in [0.717, 1.165) is 45.2 Å². The maximum Gasteiger partial charge on any atom is 0.260 e. The number of anilines is 2. The fourth-order valence-corrected chi connectivity index (χ4v) is 5.02. The summed E-state index contributed by atoms with van der Waals surface area (Å²) in [7, 11) is 1.49. The van der Waals surface area contributed by atoms with Crippen LogP contribution in [0.25, 0.3) is 11.3 Å². The molecule has 0 atom stereocenters. The van der Waals surface area contributed by atoms with Gasteiger partial charge in [-0.3, -0.25) is 19.6 Å². The highest BCUT2D eigenvalue weighted by molar-refractivity contribution is 6.10. The summed E-state index contributed by atoms with van der Waals surface area (Å²) in [5, 5.41) is 0. The number of amides is 1. The molecule has 35 heavy (non-hydrogen) atoms. The van der Waals surface area contributed by atoms with Crippen LogP contribution >= 0.6 is 0 Å². The van der Waals surface area contributed by atoms with Crippen molar-refractivity contribution in [2.45, 2.75) is 12.6 Å². The number of halogens is 1. The summed E-state index contributed by atoms with van der Waals surface area (Å²) >= 11 is 0. The second-order valence-electron chi connectivity index (χ2n) is 8.96. The van der Waals surface area contributed by atoms with Gasteiger partial charge in [-0.25, -0.2) is 9.37 Å². The van der Waals surface area contributed by atoms with Crippen molar-refractivity contribution in [3.05, 3.63) is 65.6 Å². The summed E-state index contributed by atoms with van der Waals surface area (Å²) < 4.78 is 25.5. The lowest BCUT2D eigenvalue weighted by Gasteiger charge is -2.42. The second kappa shape index (κ2) is 8.90. The molecule has 9 heteroatoms. The number of hydrogen-bond donors (Lipinski definition) is 0. The largest absolute Gasteiger partial charge is 0.496 e. The Kier molecular flexibility index (Phi) is 5.58. The Morgan fingerprint density at radius 2 is 1.80 bits per heavy atom. The van der Waals surface area contributed by atoms with Crippen LogP contribution < -0.4 is 14.5 Å². The van der Waals surface area contributed by atoms with E-state index in [1.165, 1.54) is 19.4 Å². The number of ether oxygens (including phenoxy) is 2. The number of carbonyl (C=O) groups excluding carboxylic acids is 1. The van der Waals surface area contributed by atoms with Crippen LogP contribution in [0, 0.1) is 5.82 Å². The van der Waals surface area contributed by atoms with Crippen molar-refractivity contribution >= 4 is 17.5 Å². The van der Waals surface area contributed by atoms with Gasteiger partial charge in [0.05, 0.1) is 44.2 Å². The smallest absolute Gasteiger partial charge is 0.260 e. The predicted octanol–water partition coefficient (Wildman–Crippen LogP) is 2.97. The number of methoxy groups -OCH3 is 1.